The second-order valence-corrected chi connectivity index (χ2v) is 11.2. The molecule has 1 aromatic heterocycles. The van der Waals surface area contributed by atoms with Gasteiger partial charge in [-0.2, -0.15) is 0 Å². The van der Waals surface area contributed by atoms with Crippen molar-refractivity contribution in [3.05, 3.63) is 71.5 Å². The number of carbonyl (C=O) groups is 1. The summed E-state index contributed by atoms with van der Waals surface area (Å²) in [5.41, 5.74) is 2.63. The number of benzene rings is 2. The van der Waals surface area contributed by atoms with Crippen molar-refractivity contribution in [1.29, 1.82) is 0 Å². The Morgan fingerprint density at radius 1 is 1.05 bits per heavy atom. The number of nitrogens with zero attached hydrogens (tertiary/aromatic N) is 1. The Hall–Kier alpha value is -3.98. The quantitative estimate of drug-likeness (QED) is 0.110. The van der Waals surface area contributed by atoms with E-state index in [9.17, 15) is 20.1 Å². The molecule has 3 N–H and O–H groups in total. The molecule has 9 nitrogen and oxygen atoms in total. The molecule has 0 amide bonds. The highest BCUT2D eigenvalue weighted by Crippen LogP contribution is 2.44. The number of aromatic hydroxyl groups is 3. The van der Waals surface area contributed by atoms with Crippen LogP contribution in [0.3, 0.4) is 0 Å². The maximum absolute atomic E-state index is 12.0. The van der Waals surface area contributed by atoms with Crippen LogP contribution < -0.4 is 9.47 Å². The van der Waals surface area contributed by atoms with E-state index in [1.165, 1.54) is 20.1 Å². The number of pyridine rings is 1. The Morgan fingerprint density at radius 2 is 1.88 bits per heavy atom. The highest BCUT2D eigenvalue weighted by molar-refractivity contribution is 5.66. The van der Waals surface area contributed by atoms with Crippen LogP contribution in [-0.2, 0) is 27.1 Å². The van der Waals surface area contributed by atoms with Crippen molar-refractivity contribution in [2.45, 2.75) is 83.5 Å². The van der Waals surface area contributed by atoms with Gasteiger partial charge in [0, 0.05) is 38.6 Å². The minimum absolute atomic E-state index is 0.0864. The van der Waals surface area contributed by atoms with E-state index in [-0.39, 0.29) is 53.7 Å². The summed E-state index contributed by atoms with van der Waals surface area (Å²) in [7, 11) is 1.53. The number of phenols is 3. The van der Waals surface area contributed by atoms with E-state index >= 15 is 0 Å². The van der Waals surface area contributed by atoms with Gasteiger partial charge in [-0.3, -0.25) is 9.78 Å². The fourth-order valence-electron chi connectivity index (χ4n) is 5.73. The first-order valence-corrected chi connectivity index (χ1v) is 15.0. The lowest BCUT2D eigenvalue weighted by molar-refractivity contribution is -0.165. The summed E-state index contributed by atoms with van der Waals surface area (Å²) >= 11 is 0. The topological polar surface area (TPSA) is 128 Å². The van der Waals surface area contributed by atoms with Gasteiger partial charge < -0.3 is 34.3 Å². The molecule has 0 saturated carbocycles. The number of methoxy groups -OCH3 is 1. The normalized spacial score (nSPS) is 19.0. The highest BCUT2D eigenvalue weighted by Gasteiger charge is 2.37. The third-order valence-corrected chi connectivity index (χ3v) is 7.91. The van der Waals surface area contributed by atoms with Crippen molar-refractivity contribution in [2.24, 2.45) is 5.92 Å². The molecule has 1 aliphatic heterocycles. The number of rotatable bonds is 14. The molecule has 0 unspecified atom stereocenters. The predicted octanol–water partition coefficient (Wildman–Crippen LogP) is 6.42. The third-order valence-electron chi connectivity index (χ3n) is 7.91. The Bertz CT molecular complexity index is 1330. The summed E-state index contributed by atoms with van der Waals surface area (Å²) in [6.07, 6.45) is 8.65. The SMILES string of the molecule is CCCCC[C@H](Cc1ccc(O)c(OC)c1)[C@H]1C[C@@H](OC(C)=O)C[C@@H](c2cc(O)c(O)c(OCCc3cccnc3)c2)O1. The zero-order valence-corrected chi connectivity index (χ0v) is 25.2. The first-order valence-electron chi connectivity index (χ1n) is 15.0. The molecule has 43 heavy (non-hydrogen) atoms. The van der Waals surface area contributed by atoms with Gasteiger partial charge in [-0.05, 0) is 65.8 Å². The second-order valence-electron chi connectivity index (χ2n) is 11.2. The third kappa shape index (κ3) is 9.00. The minimum atomic E-state index is -0.502. The van der Waals surface area contributed by atoms with Crippen molar-refractivity contribution < 1.29 is 39.1 Å². The summed E-state index contributed by atoms with van der Waals surface area (Å²) in [5.74, 6) is -0.240. The second kappa shape index (κ2) is 15.5. The number of unbranched alkanes of at least 4 members (excludes halogenated alkanes) is 2. The van der Waals surface area contributed by atoms with Crippen molar-refractivity contribution >= 4 is 5.97 Å². The highest BCUT2D eigenvalue weighted by atomic mass is 16.6. The Kier molecular flexibility index (Phi) is 11.5. The summed E-state index contributed by atoms with van der Waals surface area (Å²) in [4.78, 5) is 16.1. The zero-order valence-electron chi connectivity index (χ0n) is 25.2. The smallest absolute Gasteiger partial charge is 0.302 e. The Morgan fingerprint density at radius 3 is 2.60 bits per heavy atom. The monoisotopic (exact) mass is 593 g/mol. The molecule has 4 rings (SSSR count). The molecule has 2 heterocycles. The van der Waals surface area contributed by atoms with Gasteiger partial charge >= 0.3 is 5.97 Å². The number of ether oxygens (including phenoxy) is 4. The lowest BCUT2D eigenvalue weighted by Crippen LogP contribution is -2.39. The van der Waals surface area contributed by atoms with Crippen LogP contribution in [0.4, 0.5) is 0 Å². The van der Waals surface area contributed by atoms with E-state index < -0.39 is 6.10 Å². The van der Waals surface area contributed by atoms with Crippen molar-refractivity contribution in [3.8, 4) is 28.7 Å². The predicted molar refractivity (Wildman–Crippen MR) is 162 cm³/mol. The average molecular weight is 594 g/mol. The fourth-order valence-corrected chi connectivity index (χ4v) is 5.73. The molecule has 9 heteroatoms. The molecule has 4 atom stereocenters. The number of carbonyl (C=O) groups excluding carboxylic acids is 1. The van der Waals surface area contributed by atoms with E-state index in [0.29, 0.717) is 37.0 Å². The molecule has 232 valence electrons. The van der Waals surface area contributed by atoms with Gasteiger partial charge in [0.2, 0.25) is 5.75 Å². The molecule has 0 bridgehead atoms. The molecule has 1 saturated heterocycles. The molecule has 2 aromatic carbocycles. The Labute approximate surface area is 253 Å². The largest absolute Gasteiger partial charge is 0.504 e. The van der Waals surface area contributed by atoms with Crippen LogP contribution in [0.5, 0.6) is 28.7 Å². The van der Waals surface area contributed by atoms with Gasteiger partial charge in [0.25, 0.3) is 0 Å². The number of hydrogen-bond acceptors (Lipinski definition) is 9. The van der Waals surface area contributed by atoms with Crippen LogP contribution in [0.1, 0.15) is 75.2 Å². The van der Waals surface area contributed by atoms with E-state index in [2.05, 4.69) is 11.9 Å². The lowest BCUT2D eigenvalue weighted by Gasteiger charge is -2.39. The maximum atomic E-state index is 12.0. The number of phenolic OH excluding ortho intramolecular Hbond substituents is 3. The van der Waals surface area contributed by atoms with E-state index in [1.807, 2.05) is 24.3 Å². The minimum Gasteiger partial charge on any atom is -0.504 e. The van der Waals surface area contributed by atoms with Gasteiger partial charge in [-0.25, -0.2) is 0 Å². The first-order chi connectivity index (χ1) is 20.8. The fraction of sp³-hybridized carbons (Fsp3) is 0.471. The molecular weight excluding hydrogens is 550 g/mol. The van der Waals surface area contributed by atoms with Gasteiger partial charge in [0.1, 0.15) is 6.10 Å². The van der Waals surface area contributed by atoms with Crippen molar-refractivity contribution in [2.75, 3.05) is 13.7 Å². The van der Waals surface area contributed by atoms with Crippen LogP contribution in [0.15, 0.2) is 54.9 Å². The van der Waals surface area contributed by atoms with E-state index in [1.54, 1.807) is 24.5 Å². The summed E-state index contributed by atoms with van der Waals surface area (Å²) in [6, 6.07) is 12.3. The molecule has 0 radical (unpaired) electrons. The molecule has 1 fully saturated rings. The molecular formula is C34H43NO8. The van der Waals surface area contributed by atoms with Crippen molar-refractivity contribution in [1.82, 2.24) is 4.98 Å². The Balaban J connectivity index is 1.58. The summed E-state index contributed by atoms with van der Waals surface area (Å²) < 4.78 is 23.7. The van der Waals surface area contributed by atoms with Gasteiger partial charge in [-0.15, -0.1) is 0 Å². The van der Waals surface area contributed by atoms with Crippen LogP contribution in [0.2, 0.25) is 0 Å². The van der Waals surface area contributed by atoms with Crippen LogP contribution in [0.25, 0.3) is 0 Å². The number of aromatic nitrogens is 1. The van der Waals surface area contributed by atoms with Crippen LogP contribution in [0, 0.1) is 5.92 Å². The summed E-state index contributed by atoms with van der Waals surface area (Å²) in [5, 5.41) is 31.3. The molecule has 0 aliphatic carbocycles. The maximum Gasteiger partial charge on any atom is 0.302 e. The lowest BCUT2D eigenvalue weighted by atomic mass is 9.83. The molecule has 0 spiro atoms. The van der Waals surface area contributed by atoms with Gasteiger partial charge in [0.05, 0.1) is 25.9 Å². The van der Waals surface area contributed by atoms with E-state index in [0.717, 1.165) is 36.8 Å². The van der Waals surface area contributed by atoms with Crippen molar-refractivity contribution in [3.63, 3.8) is 0 Å². The van der Waals surface area contributed by atoms with Gasteiger partial charge in [0.15, 0.2) is 23.0 Å². The molecule has 1 aliphatic rings. The number of esters is 1. The van der Waals surface area contributed by atoms with Crippen LogP contribution >= 0.6 is 0 Å². The zero-order chi connectivity index (χ0) is 30.8. The van der Waals surface area contributed by atoms with Gasteiger partial charge in [-0.1, -0.05) is 38.3 Å². The van der Waals surface area contributed by atoms with E-state index in [4.69, 9.17) is 18.9 Å². The standard InChI is InChI=1S/C34H43NO8/c1-4-5-6-9-25(15-24-10-11-28(37)32(16-24)40-3)30-19-27(42-22(2)36)20-31(43-30)26-17-29(38)34(39)33(18-26)41-14-12-23-8-7-13-35-21-23/h7-8,10-11,13,16-18,21,25,27,30-31,37-39H,4-6,9,12,14-15,19-20H2,1-3H3/t25-,27-,30-,31+/m1/s1. The van der Waals surface area contributed by atoms with Crippen LogP contribution in [-0.4, -0.2) is 52.2 Å². The number of hydrogen-bond donors (Lipinski definition) is 3. The molecule has 3 aromatic rings. The summed E-state index contributed by atoms with van der Waals surface area (Å²) in [6.45, 7) is 3.85. The average Bonchev–Trinajstić information content (AvgIpc) is 2.99. The first kappa shape index (κ1) is 31.9.